The van der Waals surface area contributed by atoms with E-state index >= 15 is 0 Å². The Kier molecular flexibility index (Phi) is 25.7. The summed E-state index contributed by atoms with van der Waals surface area (Å²) in [5.41, 5.74) is 0. The van der Waals surface area contributed by atoms with E-state index < -0.39 is 12.1 Å². The molecule has 0 aromatic carbocycles. The summed E-state index contributed by atoms with van der Waals surface area (Å²) in [4.78, 5) is 23.3. The number of aliphatic carboxylic acids is 1. The van der Waals surface area contributed by atoms with Crippen molar-refractivity contribution in [3.05, 3.63) is 0 Å². The van der Waals surface area contributed by atoms with Gasteiger partial charge in [0.25, 0.3) is 0 Å². The van der Waals surface area contributed by atoms with Crippen molar-refractivity contribution in [1.82, 2.24) is 0 Å². The summed E-state index contributed by atoms with van der Waals surface area (Å²) in [7, 11) is 0. The van der Waals surface area contributed by atoms with Crippen LogP contribution >= 0.6 is 0 Å². The molecule has 34 heavy (non-hydrogen) atoms. The molecular formula is C30H58O4. The molecule has 4 heteroatoms. The maximum atomic E-state index is 11.9. The summed E-state index contributed by atoms with van der Waals surface area (Å²) < 4.78 is 5.21. The number of rotatable bonds is 27. The topological polar surface area (TPSA) is 63.6 Å². The number of carboxylic acid groups (broad SMARTS) is 1. The van der Waals surface area contributed by atoms with Crippen LogP contribution in [0.5, 0.6) is 0 Å². The Morgan fingerprint density at radius 1 is 0.529 bits per heavy atom. The third kappa shape index (κ3) is 24.1. The van der Waals surface area contributed by atoms with Crippen molar-refractivity contribution in [3.8, 4) is 0 Å². The summed E-state index contributed by atoms with van der Waals surface area (Å²) in [6.07, 6.45) is 28.8. The van der Waals surface area contributed by atoms with Crippen LogP contribution in [-0.2, 0) is 14.3 Å². The predicted octanol–water partition coefficient (Wildman–Crippen LogP) is 9.78. The van der Waals surface area contributed by atoms with Gasteiger partial charge in [0.05, 0.1) is 0 Å². The van der Waals surface area contributed by atoms with Crippen molar-refractivity contribution in [2.24, 2.45) is 0 Å². The first kappa shape index (κ1) is 32.9. The fourth-order valence-corrected chi connectivity index (χ4v) is 4.55. The highest BCUT2D eigenvalue weighted by Gasteiger charge is 2.21. The SMILES string of the molecule is CCCCCCCCCCCCCCCCCCCCC(OC(=O)CCCCCCC)C(=O)O. The molecule has 0 heterocycles. The summed E-state index contributed by atoms with van der Waals surface area (Å²) in [6.45, 7) is 4.43. The molecule has 0 aliphatic heterocycles. The lowest BCUT2D eigenvalue weighted by Gasteiger charge is -2.13. The number of esters is 1. The number of ether oxygens (including phenoxy) is 1. The van der Waals surface area contributed by atoms with Crippen molar-refractivity contribution < 1.29 is 19.4 Å². The van der Waals surface area contributed by atoms with E-state index in [1.54, 1.807) is 0 Å². The maximum absolute atomic E-state index is 11.9. The molecule has 0 aliphatic carbocycles. The van der Waals surface area contributed by atoms with Gasteiger partial charge in [0.2, 0.25) is 0 Å². The molecule has 0 radical (unpaired) electrons. The van der Waals surface area contributed by atoms with Gasteiger partial charge < -0.3 is 9.84 Å². The van der Waals surface area contributed by atoms with Gasteiger partial charge in [-0.25, -0.2) is 4.79 Å². The third-order valence-corrected chi connectivity index (χ3v) is 6.85. The minimum atomic E-state index is -1.01. The van der Waals surface area contributed by atoms with Crippen molar-refractivity contribution in [2.45, 2.75) is 180 Å². The summed E-state index contributed by atoms with van der Waals surface area (Å²) in [5.74, 6) is -1.36. The Balaban J connectivity index is 3.45. The van der Waals surface area contributed by atoms with E-state index in [0.29, 0.717) is 12.8 Å². The first-order valence-electron chi connectivity index (χ1n) is 15.0. The molecule has 0 spiro atoms. The monoisotopic (exact) mass is 482 g/mol. The van der Waals surface area contributed by atoms with Gasteiger partial charge in [-0.3, -0.25) is 4.79 Å². The average Bonchev–Trinajstić information content (AvgIpc) is 2.82. The molecule has 1 unspecified atom stereocenters. The van der Waals surface area contributed by atoms with E-state index in [4.69, 9.17) is 4.74 Å². The zero-order chi connectivity index (χ0) is 25.1. The Hall–Kier alpha value is -1.06. The average molecular weight is 483 g/mol. The molecule has 0 amide bonds. The van der Waals surface area contributed by atoms with E-state index in [0.717, 1.165) is 38.5 Å². The van der Waals surface area contributed by atoms with Gasteiger partial charge in [-0.15, -0.1) is 0 Å². The van der Waals surface area contributed by atoms with Gasteiger partial charge in [-0.2, -0.15) is 0 Å². The van der Waals surface area contributed by atoms with E-state index in [1.807, 2.05) is 0 Å². The highest BCUT2D eigenvalue weighted by molar-refractivity contribution is 5.77. The zero-order valence-electron chi connectivity index (χ0n) is 22.9. The molecule has 0 saturated heterocycles. The van der Waals surface area contributed by atoms with Crippen LogP contribution in [0.4, 0.5) is 0 Å². The van der Waals surface area contributed by atoms with Gasteiger partial charge in [-0.05, 0) is 19.3 Å². The first-order valence-corrected chi connectivity index (χ1v) is 15.0. The fourth-order valence-electron chi connectivity index (χ4n) is 4.55. The molecule has 0 rings (SSSR count). The van der Waals surface area contributed by atoms with E-state index in [2.05, 4.69) is 13.8 Å². The van der Waals surface area contributed by atoms with Crippen LogP contribution in [0, 0.1) is 0 Å². The second kappa shape index (κ2) is 26.5. The van der Waals surface area contributed by atoms with Crippen LogP contribution in [-0.4, -0.2) is 23.1 Å². The van der Waals surface area contributed by atoms with E-state index in [9.17, 15) is 14.7 Å². The molecule has 4 nitrogen and oxygen atoms in total. The molecule has 1 atom stereocenters. The molecule has 202 valence electrons. The molecule has 0 aromatic heterocycles. The summed E-state index contributed by atoms with van der Waals surface area (Å²) >= 11 is 0. The largest absolute Gasteiger partial charge is 0.479 e. The van der Waals surface area contributed by atoms with E-state index in [1.165, 1.54) is 109 Å². The van der Waals surface area contributed by atoms with Gasteiger partial charge >= 0.3 is 11.9 Å². The summed E-state index contributed by atoms with van der Waals surface area (Å²) in [6, 6.07) is 0. The van der Waals surface area contributed by atoms with Gasteiger partial charge in [0, 0.05) is 6.42 Å². The molecule has 0 aromatic rings. The number of carbonyl (C=O) groups excluding carboxylic acids is 1. The Morgan fingerprint density at radius 3 is 1.21 bits per heavy atom. The van der Waals surface area contributed by atoms with Crippen LogP contribution in [0.1, 0.15) is 174 Å². The number of carboxylic acids is 1. The number of unbranched alkanes of at least 4 members (excludes halogenated alkanes) is 21. The quantitative estimate of drug-likeness (QED) is 0.0934. The fraction of sp³-hybridized carbons (Fsp3) is 0.933. The molecule has 0 saturated carbocycles. The number of hydrogen-bond acceptors (Lipinski definition) is 3. The van der Waals surface area contributed by atoms with Crippen molar-refractivity contribution in [3.63, 3.8) is 0 Å². The molecular weight excluding hydrogens is 424 g/mol. The normalized spacial score (nSPS) is 12.1. The Labute approximate surface area is 212 Å². The Morgan fingerprint density at radius 2 is 0.853 bits per heavy atom. The first-order chi connectivity index (χ1) is 16.6. The highest BCUT2D eigenvalue weighted by Crippen LogP contribution is 2.16. The van der Waals surface area contributed by atoms with Crippen LogP contribution < -0.4 is 0 Å². The predicted molar refractivity (Wildman–Crippen MR) is 144 cm³/mol. The summed E-state index contributed by atoms with van der Waals surface area (Å²) in [5, 5.41) is 9.33. The van der Waals surface area contributed by atoms with Crippen LogP contribution in [0.15, 0.2) is 0 Å². The van der Waals surface area contributed by atoms with Crippen molar-refractivity contribution in [1.29, 1.82) is 0 Å². The maximum Gasteiger partial charge on any atom is 0.345 e. The second-order valence-electron chi connectivity index (χ2n) is 10.3. The lowest BCUT2D eigenvalue weighted by Crippen LogP contribution is -2.27. The lowest BCUT2D eigenvalue weighted by molar-refractivity contribution is -0.164. The standard InChI is InChI=1S/C30H58O4/c1-3-5-7-9-10-11-12-13-14-15-16-17-18-19-20-21-23-24-26-28(30(32)33)34-29(31)27-25-22-8-6-4-2/h28H,3-27H2,1-2H3,(H,32,33). The molecule has 0 bridgehead atoms. The second-order valence-corrected chi connectivity index (χ2v) is 10.3. The van der Waals surface area contributed by atoms with Crippen LogP contribution in [0.2, 0.25) is 0 Å². The smallest absolute Gasteiger partial charge is 0.345 e. The van der Waals surface area contributed by atoms with Gasteiger partial charge in [0.15, 0.2) is 6.10 Å². The van der Waals surface area contributed by atoms with Gasteiger partial charge in [0.1, 0.15) is 0 Å². The van der Waals surface area contributed by atoms with Crippen LogP contribution in [0.3, 0.4) is 0 Å². The number of carbonyl (C=O) groups is 2. The molecule has 0 fully saturated rings. The highest BCUT2D eigenvalue weighted by atomic mass is 16.6. The molecule has 0 aliphatic rings. The third-order valence-electron chi connectivity index (χ3n) is 6.85. The lowest BCUT2D eigenvalue weighted by atomic mass is 10.0. The Bertz CT molecular complexity index is 449. The molecule has 1 N–H and O–H groups in total. The van der Waals surface area contributed by atoms with Crippen molar-refractivity contribution >= 4 is 11.9 Å². The minimum Gasteiger partial charge on any atom is -0.479 e. The van der Waals surface area contributed by atoms with Crippen molar-refractivity contribution in [2.75, 3.05) is 0 Å². The van der Waals surface area contributed by atoms with E-state index in [-0.39, 0.29) is 5.97 Å². The van der Waals surface area contributed by atoms with Crippen LogP contribution in [0.25, 0.3) is 0 Å². The van der Waals surface area contributed by atoms with Gasteiger partial charge in [-0.1, -0.05) is 149 Å². The number of hydrogen-bond donors (Lipinski definition) is 1. The zero-order valence-corrected chi connectivity index (χ0v) is 22.9. The minimum absolute atomic E-state index is 0.340.